The minimum absolute atomic E-state index is 0.582. The zero-order valence-electron chi connectivity index (χ0n) is 13.7. The summed E-state index contributed by atoms with van der Waals surface area (Å²) in [7, 11) is 0. The molecule has 0 aliphatic heterocycles. The fraction of sp³-hybridized carbons (Fsp3) is 0.300. The maximum absolute atomic E-state index is 5.90. The molecule has 1 aromatic heterocycles. The molecule has 1 heterocycles. The number of rotatable bonds is 6. The van der Waals surface area contributed by atoms with Crippen molar-refractivity contribution in [3.8, 4) is 22.9 Å². The Morgan fingerprint density at radius 2 is 1.22 bits per heavy atom. The highest BCUT2D eigenvalue weighted by Gasteiger charge is 2.11. The van der Waals surface area contributed by atoms with Crippen LogP contribution in [0.5, 0.6) is 0 Å². The quantitative estimate of drug-likeness (QED) is 0.619. The van der Waals surface area contributed by atoms with Crippen LogP contribution in [0.25, 0.3) is 22.9 Å². The lowest BCUT2D eigenvalue weighted by atomic mass is 10.1. The van der Waals surface area contributed by atoms with E-state index < -0.39 is 0 Å². The molecule has 0 atom stereocenters. The van der Waals surface area contributed by atoms with Gasteiger partial charge in [0, 0.05) is 11.1 Å². The molecule has 0 amide bonds. The second-order valence-electron chi connectivity index (χ2n) is 5.81. The first kappa shape index (κ1) is 15.5. The molecule has 0 unspecified atom stereocenters. The van der Waals surface area contributed by atoms with Gasteiger partial charge in [0.05, 0.1) is 0 Å². The van der Waals surface area contributed by atoms with Gasteiger partial charge in [-0.25, -0.2) is 0 Å². The van der Waals surface area contributed by atoms with E-state index in [-0.39, 0.29) is 0 Å². The van der Waals surface area contributed by atoms with Gasteiger partial charge in [-0.2, -0.15) is 0 Å². The van der Waals surface area contributed by atoms with Crippen LogP contribution in [0, 0.1) is 0 Å². The van der Waals surface area contributed by atoms with E-state index in [1.54, 1.807) is 0 Å². The van der Waals surface area contributed by atoms with Crippen molar-refractivity contribution in [2.24, 2.45) is 0 Å². The van der Waals surface area contributed by atoms with Crippen LogP contribution in [0.15, 0.2) is 52.9 Å². The minimum atomic E-state index is 0.582. The van der Waals surface area contributed by atoms with Crippen LogP contribution in [0.3, 0.4) is 0 Å². The molecule has 23 heavy (non-hydrogen) atoms. The third kappa shape index (κ3) is 3.67. The fourth-order valence-electron chi connectivity index (χ4n) is 2.75. The van der Waals surface area contributed by atoms with Gasteiger partial charge in [0.25, 0.3) is 0 Å². The molecule has 0 radical (unpaired) electrons. The number of benzene rings is 2. The molecular formula is C20H22N2O. The summed E-state index contributed by atoms with van der Waals surface area (Å²) >= 11 is 0. The van der Waals surface area contributed by atoms with Crippen LogP contribution >= 0.6 is 0 Å². The van der Waals surface area contributed by atoms with Gasteiger partial charge < -0.3 is 4.42 Å². The van der Waals surface area contributed by atoms with E-state index in [0.29, 0.717) is 11.8 Å². The topological polar surface area (TPSA) is 38.9 Å². The van der Waals surface area contributed by atoms with Gasteiger partial charge in [0.1, 0.15) is 0 Å². The first-order valence-corrected chi connectivity index (χ1v) is 8.32. The second kappa shape index (κ2) is 7.23. The van der Waals surface area contributed by atoms with E-state index >= 15 is 0 Å². The van der Waals surface area contributed by atoms with Crippen LogP contribution < -0.4 is 0 Å². The zero-order valence-corrected chi connectivity index (χ0v) is 13.7. The van der Waals surface area contributed by atoms with E-state index in [2.05, 4.69) is 48.3 Å². The van der Waals surface area contributed by atoms with E-state index in [0.717, 1.165) is 36.8 Å². The Labute approximate surface area is 137 Å². The molecule has 0 aliphatic rings. The Morgan fingerprint density at radius 3 is 1.65 bits per heavy atom. The highest BCUT2D eigenvalue weighted by Crippen LogP contribution is 2.25. The predicted molar refractivity (Wildman–Crippen MR) is 93.2 cm³/mol. The lowest BCUT2D eigenvalue weighted by Gasteiger charge is -2.01. The van der Waals surface area contributed by atoms with Gasteiger partial charge in [-0.3, -0.25) is 0 Å². The summed E-state index contributed by atoms with van der Waals surface area (Å²) in [5.74, 6) is 1.16. The van der Waals surface area contributed by atoms with Crippen molar-refractivity contribution < 1.29 is 4.42 Å². The molecule has 0 saturated heterocycles. The van der Waals surface area contributed by atoms with Gasteiger partial charge in [-0.15, -0.1) is 10.2 Å². The van der Waals surface area contributed by atoms with E-state index in [1.165, 1.54) is 11.1 Å². The van der Waals surface area contributed by atoms with E-state index in [9.17, 15) is 0 Å². The highest BCUT2D eigenvalue weighted by atomic mass is 16.4. The summed E-state index contributed by atoms with van der Waals surface area (Å²) in [6, 6.07) is 16.7. The highest BCUT2D eigenvalue weighted by molar-refractivity contribution is 5.59. The molecule has 3 aromatic rings. The Balaban J connectivity index is 1.88. The van der Waals surface area contributed by atoms with Gasteiger partial charge in [0.2, 0.25) is 11.8 Å². The molecular weight excluding hydrogens is 284 g/mol. The fourth-order valence-corrected chi connectivity index (χ4v) is 2.75. The number of aryl methyl sites for hydroxylation is 2. The molecule has 0 fully saturated rings. The average molecular weight is 306 g/mol. The summed E-state index contributed by atoms with van der Waals surface area (Å²) in [4.78, 5) is 0. The normalized spacial score (nSPS) is 10.9. The first-order chi connectivity index (χ1) is 11.3. The molecule has 0 bridgehead atoms. The molecule has 2 aromatic carbocycles. The molecule has 3 heteroatoms. The summed E-state index contributed by atoms with van der Waals surface area (Å²) in [5, 5.41) is 8.45. The van der Waals surface area contributed by atoms with Crippen molar-refractivity contribution in [2.75, 3.05) is 0 Å². The van der Waals surface area contributed by atoms with Gasteiger partial charge in [-0.05, 0) is 48.2 Å². The maximum Gasteiger partial charge on any atom is 0.248 e. The Morgan fingerprint density at radius 1 is 0.739 bits per heavy atom. The Kier molecular flexibility index (Phi) is 4.86. The van der Waals surface area contributed by atoms with Crippen LogP contribution in [-0.2, 0) is 12.8 Å². The molecule has 3 nitrogen and oxygen atoms in total. The summed E-state index contributed by atoms with van der Waals surface area (Å²) in [6.45, 7) is 4.36. The first-order valence-electron chi connectivity index (χ1n) is 8.32. The van der Waals surface area contributed by atoms with Crippen LogP contribution in [0.1, 0.15) is 37.8 Å². The monoisotopic (exact) mass is 306 g/mol. The number of aromatic nitrogens is 2. The molecule has 0 saturated carbocycles. The third-order valence-electron chi connectivity index (χ3n) is 3.85. The van der Waals surface area contributed by atoms with Crippen molar-refractivity contribution in [3.05, 3.63) is 59.7 Å². The second-order valence-corrected chi connectivity index (χ2v) is 5.81. The SMILES string of the molecule is CCCc1cccc(-c2nnc(-c3cccc(CCC)c3)o2)c1. The Bertz CT molecular complexity index is 713. The molecule has 118 valence electrons. The molecule has 0 spiro atoms. The summed E-state index contributed by atoms with van der Waals surface area (Å²) < 4.78 is 5.90. The van der Waals surface area contributed by atoms with Crippen molar-refractivity contribution in [2.45, 2.75) is 39.5 Å². The molecule has 0 N–H and O–H groups in total. The minimum Gasteiger partial charge on any atom is -0.416 e. The lowest BCUT2D eigenvalue weighted by molar-refractivity contribution is 0.584. The summed E-state index contributed by atoms with van der Waals surface area (Å²) in [5.41, 5.74) is 4.57. The van der Waals surface area contributed by atoms with Crippen LogP contribution in [0.2, 0.25) is 0 Å². The van der Waals surface area contributed by atoms with E-state index in [4.69, 9.17) is 4.42 Å². The van der Waals surface area contributed by atoms with E-state index in [1.807, 2.05) is 24.3 Å². The summed E-state index contributed by atoms with van der Waals surface area (Å²) in [6.07, 6.45) is 4.38. The average Bonchev–Trinajstić information content (AvgIpc) is 3.06. The third-order valence-corrected chi connectivity index (χ3v) is 3.85. The number of hydrogen-bond donors (Lipinski definition) is 0. The largest absolute Gasteiger partial charge is 0.416 e. The van der Waals surface area contributed by atoms with Gasteiger partial charge in [0.15, 0.2) is 0 Å². The van der Waals surface area contributed by atoms with Crippen LogP contribution in [0.4, 0.5) is 0 Å². The van der Waals surface area contributed by atoms with Crippen LogP contribution in [-0.4, -0.2) is 10.2 Å². The van der Waals surface area contributed by atoms with Gasteiger partial charge >= 0.3 is 0 Å². The Hall–Kier alpha value is -2.42. The molecule has 0 aliphatic carbocycles. The van der Waals surface area contributed by atoms with Crippen molar-refractivity contribution in [1.29, 1.82) is 0 Å². The maximum atomic E-state index is 5.90. The van der Waals surface area contributed by atoms with Crippen molar-refractivity contribution >= 4 is 0 Å². The standard InChI is InChI=1S/C20H22N2O/c1-3-7-15-9-5-11-17(13-15)19-21-22-20(23-19)18-12-6-10-16(14-18)8-4-2/h5-6,9-14H,3-4,7-8H2,1-2H3. The number of hydrogen-bond acceptors (Lipinski definition) is 3. The smallest absolute Gasteiger partial charge is 0.248 e. The predicted octanol–water partition coefficient (Wildman–Crippen LogP) is 5.31. The molecule has 3 rings (SSSR count). The zero-order chi connectivity index (χ0) is 16.1. The van der Waals surface area contributed by atoms with Crippen molar-refractivity contribution in [1.82, 2.24) is 10.2 Å². The lowest BCUT2D eigenvalue weighted by Crippen LogP contribution is -1.84. The van der Waals surface area contributed by atoms with Gasteiger partial charge in [-0.1, -0.05) is 51.0 Å². The van der Waals surface area contributed by atoms with Crippen molar-refractivity contribution in [3.63, 3.8) is 0 Å². The number of nitrogens with zero attached hydrogens (tertiary/aromatic N) is 2.